The maximum absolute atomic E-state index is 12.6. The molecule has 0 unspecified atom stereocenters. The molecule has 2 amide bonds. The average molecular weight is 453 g/mol. The van der Waals surface area contributed by atoms with Crippen LogP contribution in [0.4, 0.5) is 11.5 Å². The molecule has 0 fully saturated rings. The van der Waals surface area contributed by atoms with Gasteiger partial charge in [-0.15, -0.1) is 0 Å². The molecule has 2 N–H and O–H groups in total. The molecule has 7 heteroatoms. The van der Waals surface area contributed by atoms with E-state index in [0.29, 0.717) is 16.9 Å². The standard InChI is InChI=1S/C27H24N4O3/c1-17-7-8-19-16-20-13-14-31(25(20)28-23(19)15-17)21-11-9-18(10-12-21)26(32)29-30-27(33)22-5-3-4-6-24(22)34-2/h3-12,15-16H,13-14H2,1-2H3,(H,29,32)(H,30,33). The zero-order valence-electron chi connectivity index (χ0n) is 19.0. The fraction of sp³-hybridized carbons (Fsp3) is 0.148. The second kappa shape index (κ2) is 8.86. The van der Waals surface area contributed by atoms with Crippen LogP contribution in [-0.2, 0) is 6.42 Å². The topological polar surface area (TPSA) is 83.6 Å². The molecule has 0 saturated carbocycles. The van der Waals surface area contributed by atoms with Crippen LogP contribution < -0.4 is 20.5 Å². The van der Waals surface area contributed by atoms with Crippen molar-refractivity contribution in [2.75, 3.05) is 18.6 Å². The van der Waals surface area contributed by atoms with Crippen LogP contribution in [0.2, 0.25) is 0 Å². The number of methoxy groups -OCH3 is 1. The summed E-state index contributed by atoms with van der Waals surface area (Å²) < 4.78 is 5.19. The maximum atomic E-state index is 12.6. The molecule has 0 saturated heterocycles. The lowest BCUT2D eigenvalue weighted by Crippen LogP contribution is -2.41. The van der Waals surface area contributed by atoms with Gasteiger partial charge < -0.3 is 9.64 Å². The molecule has 0 aliphatic carbocycles. The van der Waals surface area contributed by atoms with Gasteiger partial charge in [0.05, 0.1) is 18.2 Å². The molecule has 3 aromatic carbocycles. The molecular weight excluding hydrogens is 428 g/mol. The van der Waals surface area contributed by atoms with Crippen LogP contribution in [0.15, 0.2) is 72.8 Å². The predicted octanol–water partition coefficient (Wildman–Crippen LogP) is 4.32. The third-order valence-electron chi connectivity index (χ3n) is 5.97. The van der Waals surface area contributed by atoms with Gasteiger partial charge in [-0.2, -0.15) is 0 Å². The van der Waals surface area contributed by atoms with Crippen LogP contribution in [0.1, 0.15) is 31.8 Å². The summed E-state index contributed by atoms with van der Waals surface area (Å²) in [5, 5.41) is 1.15. The van der Waals surface area contributed by atoms with Crippen molar-refractivity contribution in [3.63, 3.8) is 0 Å². The van der Waals surface area contributed by atoms with Gasteiger partial charge in [0.2, 0.25) is 0 Å². The highest BCUT2D eigenvalue weighted by molar-refractivity contribution is 6.00. The van der Waals surface area contributed by atoms with E-state index in [1.807, 2.05) is 12.1 Å². The van der Waals surface area contributed by atoms with Crippen LogP contribution in [0.5, 0.6) is 5.75 Å². The van der Waals surface area contributed by atoms with Crippen LogP contribution in [0.25, 0.3) is 10.9 Å². The number of carbonyl (C=O) groups is 2. The number of amides is 2. The summed E-state index contributed by atoms with van der Waals surface area (Å²) in [6, 6.07) is 22.6. The van der Waals surface area contributed by atoms with E-state index in [0.717, 1.165) is 35.4 Å². The molecule has 1 aliphatic heterocycles. The second-order valence-electron chi connectivity index (χ2n) is 8.22. The van der Waals surface area contributed by atoms with Gasteiger partial charge in [-0.05, 0) is 73.0 Å². The number of pyridine rings is 1. The minimum atomic E-state index is -0.454. The van der Waals surface area contributed by atoms with Crippen LogP contribution in [0.3, 0.4) is 0 Å². The molecule has 5 rings (SSSR count). The van der Waals surface area contributed by atoms with E-state index >= 15 is 0 Å². The number of nitrogens with zero attached hydrogens (tertiary/aromatic N) is 2. The van der Waals surface area contributed by atoms with Crippen molar-refractivity contribution in [2.24, 2.45) is 0 Å². The molecule has 0 radical (unpaired) electrons. The van der Waals surface area contributed by atoms with Crippen molar-refractivity contribution < 1.29 is 14.3 Å². The number of anilines is 2. The molecule has 0 bridgehead atoms. The molecule has 4 aromatic rings. The Morgan fingerprint density at radius 3 is 2.50 bits per heavy atom. The van der Waals surface area contributed by atoms with Crippen molar-refractivity contribution in [3.8, 4) is 5.75 Å². The Bertz CT molecular complexity index is 1400. The summed E-state index contributed by atoms with van der Waals surface area (Å²) in [4.78, 5) is 32.0. The van der Waals surface area contributed by atoms with Crippen molar-refractivity contribution in [3.05, 3.63) is 95.1 Å². The number of hydrogen-bond donors (Lipinski definition) is 2. The minimum Gasteiger partial charge on any atom is -0.496 e. The van der Waals surface area contributed by atoms with Gasteiger partial charge >= 0.3 is 0 Å². The molecule has 170 valence electrons. The number of hydrazine groups is 1. The first kappa shape index (κ1) is 21.5. The van der Waals surface area contributed by atoms with Gasteiger partial charge in [0.25, 0.3) is 11.8 Å². The third kappa shape index (κ3) is 4.03. The molecule has 1 aliphatic rings. The Labute approximate surface area is 197 Å². The van der Waals surface area contributed by atoms with Crippen molar-refractivity contribution in [2.45, 2.75) is 13.3 Å². The highest BCUT2D eigenvalue weighted by Gasteiger charge is 2.23. The quantitative estimate of drug-likeness (QED) is 0.451. The molecule has 0 spiro atoms. The first-order chi connectivity index (χ1) is 16.5. The van der Waals surface area contributed by atoms with E-state index < -0.39 is 11.8 Å². The molecule has 7 nitrogen and oxygen atoms in total. The van der Waals surface area contributed by atoms with Crippen molar-refractivity contribution >= 4 is 34.2 Å². The number of rotatable bonds is 4. The molecule has 0 atom stereocenters. The summed E-state index contributed by atoms with van der Waals surface area (Å²) in [6.07, 6.45) is 0.920. The summed E-state index contributed by atoms with van der Waals surface area (Å²) in [5.74, 6) is 0.529. The number of benzene rings is 3. The highest BCUT2D eigenvalue weighted by Crippen LogP contribution is 2.35. The Hall–Kier alpha value is -4.39. The van der Waals surface area contributed by atoms with Gasteiger partial charge in [-0.25, -0.2) is 4.98 Å². The zero-order valence-corrected chi connectivity index (χ0v) is 19.0. The van der Waals surface area contributed by atoms with E-state index in [4.69, 9.17) is 9.72 Å². The Kier molecular flexibility index (Phi) is 5.59. The lowest BCUT2D eigenvalue weighted by molar-refractivity contribution is 0.0845. The Balaban J connectivity index is 1.29. The summed E-state index contributed by atoms with van der Waals surface area (Å²) in [7, 11) is 1.49. The number of aryl methyl sites for hydroxylation is 1. The molecular formula is C27H24N4O3. The Morgan fingerprint density at radius 2 is 1.71 bits per heavy atom. The number of para-hydroxylation sites is 1. The summed E-state index contributed by atoms with van der Waals surface area (Å²) in [6.45, 7) is 2.90. The van der Waals surface area contributed by atoms with E-state index in [2.05, 4.69) is 46.9 Å². The van der Waals surface area contributed by atoms with Crippen LogP contribution >= 0.6 is 0 Å². The normalized spacial score (nSPS) is 12.4. The number of carbonyl (C=O) groups excluding carboxylic acids is 2. The van der Waals surface area contributed by atoms with Gasteiger partial charge in [-0.3, -0.25) is 20.4 Å². The third-order valence-corrected chi connectivity index (χ3v) is 5.97. The van der Waals surface area contributed by atoms with Gasteiger partial charge in [-0.1, -0.05) is 24.3 Å². The number of nitrogens with one attached hydrogen (secondary N) is 2. The fourth-order valence-electron chi connectivity index (χ4n) is 4.20. The largest absolute Gasteiger partial charge is 0.496 e. The lowest BCUT2D eigenvalue weighted by atomic mass is 10.1. The van der Waals surface area contributed by atoms with E-state index in [-0.39, 0.29) is 0 Å². The first-order valence-corrected chi connectivity index (χ1v) is 11.0. The first-order valence-electron chi connectivity index (χ1n) is 11.0. The van der Waals surface area contributed by atoms with Gasteiger partial charge in [0, 0.05) is 23.2 Å². The molecule has 2 heterocycles. The molecule has 34 heavy (non-hydrogen) atoms. The number of aromatic nitrogens is 1. The van der Waals surface area contributed by atoms with Crippen molar-refractivity contribution in [1.82, 2.24) is 15.8 Å². The van der Waals surface area contributed by atoms with E-state index in [1.165, 1.54) is 18.2 Å². The number of ether oxygens (including phenoxy) is 1. The van der Waals surface area contributed by atoms with Crippen LogP contribution in [0, 0.1) is 6.92 Å². The minimum absolute atomic E-state index is 0.337. The summed E-state index contributed by atoms with van der Waals surface area (Å²) in [5.41, 5.74) is 10.0. The second-order valence-corrected chi connectivity index (χ2v) is 8.22. The number of fused-ring (bicyclic) bond motifs is 2. The van der Waals surface area contributed by atoms with E-state index in [9.17, 15) is 9.59 Å². The fourth-order valence-corrected chi connectivity index (χ4v) is 4.20. The summed E-state index contributed by atoms with van der Waals surface area (Å²) >= 11 is 0. The average Bonchev–Trinajstić information content (AvgIpc) is 3.28. The smallest absolute Gasteiger partial charge is 0.273 e. The monoisotopic (exact) mass is 452 g/mol. The van der Waals surface area contributed by atoms with Crippen molar-refractivity contribution in [1.29, 1.82) is 0 Å². The predicted molar refractivity (Wildman–Crippen MR) is 132 cm³/mol. The van der Waals surface area contributed by atoms with Gasteiger partial charge in [0.15, 0.2) is 0 Å². The SMILES string of the molecule is COc1ccccc1C(=O)NNC(=O)c1ccc(N2CCc3cc4ccc(C)cc4nc32)cc1. The zero-order chi connectivity index (χ0) is 23.7. The Morgan fingerprint density at radius 1 is 0.941 bits per heavy atom. The van der Waals surface area contributed by atoms with Crippen LogP contribution in [-0.4, -0.2) is 30.5 Å². The van der Waals surface area contributed by atoms with Gasteiger partial charge in [0.1, 0.15) is 11.6 Å². The lowest BCUT2D eigenvalue weighted by Gasteiger charge is -2.19. The highest BCUT2D eigenvalue weighted by atomic mass is 16.5. The maximum Gasteiger partial charge on any atom is 0.273 e. The van der Waals surface area contributed by atoms with E-state index in [1.54, 1.807) is 36.4 Å². The molecule has 1 aromatic heterocycles. The number of hydrogen-bond acceptors (Lipinski definition) is 5.